The van der Waals surface area contributed by atoms with E-state index in [1.54, 1.807) is 0 Å². The molecule has 0 saturated heterocycles. The molecule has 13 heteroatoms. The van der Waals surface area contributed by atoms with E-state index < -0.39 is 40.8 Å². The fourth-order valence-electron chi connectivity index (χ4n) is 1.78. The smallest absolute Gasteiger partial charge is 0.368 e. The van der Waals surface area contributed by atoms with Crippen molar-refractivity contribution in [2.24, 2.45) is 5.73 Å². The van der Waals surface area contributed by atoms with Gasteiger partial charge in [0.05, 0.1) is 6.26 Å². The second-order valence-electron chi connectivity index (χ2n) is 4.95. The topological polar surface area (TPSA) is 147 Å². The van der Waals surface area contributed by atoms with Gasteiger partial charge >= 0.3 is 13.3 Å². The quantitative estimate of drug-likeness (QED) is 0.447. The number of halogens is 3. The van der Waals surface area contributed by atoms with E-state index in [1.807, 2.05) is 4.72 Å². The first-order chi connectivity index (χ1) is 10.6. The first-order valence-electron chi connectivity index (χ1n) is 6.14. The molecule has 0 spiro atoms. The Hall–Kier alpha value is -0.910. The van der Waals surface area contributed by atoms with Gasteiger partial charge in [-0.15, -0.1) is 0 Å². The fourth-order valence-corrected chi connectivity index (χ4v) is 3.83. The molecule has 0 aliphatic rings. The summed E-state index contributed by atoms with van der Waals surface area (Å²) in [5, 5.41) is 0. The second-order valence-corrected chi connectivity index (χ2v) is 9.23. The molecule has 8 nitrogen and oxygen atoms in total. The zero-order valence-electron chi connectivity index (χ0n) is 12.1. The minimum Gasteiger partial charge on any atom is -0.368 e. The highest BCUT2D eigenvalue weighted by Gasteiger charge is 2.51. The third-order valence-corrected chi connectivity index (χ3v) is 5.20. The van der Waals surface area contributed by atoms with Crippen LogP contribution >= 0.6 is 23.5 Å². The van der Waals surface area contributed by atoms with Crippen molar-refractivity contribution < 1.29 is 36.3 Å². The molecule has 136 valence electrons. The van der Waals surface area contributed by atoms with Gasteiger partial charge in [0.25, 0.3) is 0 Å². The lowest BCUT2D eigenvalue weighted by molar-refractivity contribution is -0.119. The van der Waals surface area contributed by atoms with Gasteiger partial charge in [0, 0.05) is 10.0 Å². The molecule has 1 rings (SSSR count). The summed E-state index contributed by atoms with van der Waals surface area (Å²) >= 11 is 2.79. The van der Waals surface area contributed by atoms with E-state index >= 15 is 0 Å². The number of hydrogen-bond donors (Lipinski definition) is 4. The number of nitrogens with two attached hydrogens (primary N) is 1. The molecule has 0 saturated carbocycles. The Kier molecular flexibility index (Phi) is 6.29. The van der Waals surface area contributed by atoms with E-state index in [4.69, 9.17) is 15.5 Å². The van der Waals surface area contributed by atoms with E-state index in [9.17, 15) is 26.6 Å². The molecule has 0 aliphatic heterocycles. The van der Waals surface area contributed by atoms with Crippen LogP contribution in [0.4, 0.5) is 8.78 Å². The van der Waals surface area contributed by atoms with Gasteiger partial charge in [-0.05, 0) is 18.1 Å². The Morgan fingerprint density at radius 3 is 2.38 bits per heavy atom. The first-order valence-corrected chi connectivity index (χ1v) is 10.4. The van der Waals surface area contributed by atoms with E-state index in [2.05, 4.69) is 15.9 Å². The van der Waals surface area contributed by atoms with E-state index in [-0.39, 0.29) is 16.5 Å². The van der Waals surface area contributed by atoms with Gasteiger partial charge in [-0.2, -0.15) is 8.78 Å². The summed E-state index contributed by atoms with van der Waals surface area (Å²) in [5.74, 6) is -0.971. The molecule has 1 aromatic rings. The Bertz CT molecular complexity index is 798. The number of rotatable bonds is 7. The number of nitrogens with one attached hydrogen (secondary N) is 1. The molecule has 1 amide bonds. The molecular weight excluding hydrogens is 437 g/mol. The van der Waals surface area contributed by atoms with Crippen LogP contribution in [0.3, 0.4) is 0 Å². The average Bonchev–Trinajstić information content (AvgIpc) is 2.34. The van der Waals surface area contributed by atoms with E-state index in [0.29, 0.717) is 0 Å². The third-order valence-electron chi connectivity index (χ3n) is 2.86. The molecule has 1 unspecified atom stereocenters. The lowest BCUT2D eigenvalue weighted by atomic mass is 10.0. The van der Waals surface area contributed by atoms with Crippen LogP contribution in [-0.2, 0) is 31.5 Å². The van der Waals surface area contributed by atoms with Gasteiger partial charge in [0.2, 0.25) is 15.9 Å². The molecule has 0 aromatic heterocycles. The summed E-state index contributed by atoms with van der Waals surface area (Å²) in [6, 6.07) is 1.65. The summed E-state index contributed by atoms with van der Waals surface area (Å²) in [7, 11) is -9.47. The monoisotopic (exact) mass is 450 g/mol. The summed E-state index contributed by atoms with van der Waals surface area (Å²) in [6.45, 7) is 0. The summed E-state index contributed by atoms with van der Waals surface area (Å²) in [5.41, 5.74) is -0.0148. The van der Waals surface area contributed by atoms with Crippen molar-refractivity contribution >= 4 is 39.5 Å². The molecule has 24 heavy (non-hydrogen) atoms. The van der Waals surface area contributed by atoms with Crippen molar-refractivity contribution in [2.75, 3.05) is 6.26 Å². The van der Waals surface area contributed by atoms with Crippen molar-refractivity contribution in [2.45, 2.75) is 18.1 Å². The fraction of sp³-hybridized carbons (Fsp3) is 0.364. The molecule has 5 N–H and O–H groups in total. The highest BCUT2D eigenvalue weighted by Crippen LogP contribution is 2.60. The molecule has 0 heterocycles. The zero-order chi connectivity index (χ0) is 18.9. The minimum atomic E-state index is -5.73. The van der Waals surface area contributed by atoms with E-state index in [1.165, 1.54) is 0 Å². The number of carbonyl (C=O) groups is 1. The second kappa shape index (κ2) is 7.14. The Morgan fingerprint density at radius 2 is 2.00 bits per heavy atom. The molecule has 0 bridgehead atoms. The van der Waals surface area contributed by atoms with Gasteiger partial charge in [-0.3, -0.25) is 9.36 Å². The van der Waals surface area contributed by atoms with Gasteiger partial charge in [-0.25, -0.2) is 13.1 Å². The minimum absolute atomic E-state index is 0.233. The van der Waals surface area contributed by atoms with Crippen molar-refractivity contribution in [3.63, 3.8) is 0 Å². The molecule has 0 fully saturated rings. The maximum absolute atomic E-state index is 13.7. The molecule has 0 aliphatic carbocycles. The van der Waals surface area contributed by atoms with Crippen LogP contribution in [0.1, 0.15) is 11.1 Å². The van der Waals surface area contributed by atoms with Crippen molar-refractivity contribution in [3.8, 4) is 0 Å². The number of carbonyl (C=O) groups excluding carboxylic acids is 1. The number of amides is 1. The molecule has 1 aromatic carbocycles. The van der Waals surface area contributed by atoms with Crippen LogP contribution in [0.2, 0.25) is 0 Å². The van der Waals surface area contributed by atoms with E-state index in [0.717, 1.165) is 24.5 Å². The molecule has 0 radical (unpaired) electrons. The molecular formula is C11H14BrF2N2O6PS. The highest BCUT2D eigenvalue weighted by atomic mass is 79.9. The predicted octanol–water partition coefficient (Wildman–Crippen LogP) is 0.622. The van der Waals surface area contributed by atoms with Crippen LogP contribution in [0.5, 0.6) is 0 Å². The maximum atomic E-state index is 13.7. The molecule has 1 atom stereocenters. The van der Waals surface area contributed by atoms with Crippen molar-refractivity contribution in [3.05, 3.63) is 33.8 Å². The Morgan fingerprint density at radius 1 is 1.46 bits per heavy atom. The Labute approximate surface area is 144 Å². The van der Waals surface area contributed by atoms with Crippen molar-refractivity contribution in [1.29, 1.82) is 0 Å². The summed E-state index contributed by atoms with van der Waals surface area (Å²) < 4.78 is 62.4. The number of primary amides is 1. The van der Waals surface area contributed by atoms with Crippen LogP contribution in [0.15, 0.2) is 22.7 Å². The van der Waals surface area contributed by atoms with Gasteiger partial charge in [0.1, 0.15) is 6.04 Å². The largest absolute Gasteiger partial charge is 0.399 e. The zero-order valence-corrected chi connectivity index (χ0v) is 15.4. The number of alkyl halides is 2. The van der Waals surface area contributed by atoms with Crippen LogP contribution < -0.4 is 10.5 Å². The average molecular weight is 451 g/mol. The lowest BCUT2D eigenvalue weighted by Gasteiger charge is -2.20. The first kappa shape index (κ1) is 21.1. The number of sulfonamides is 1. The summed E-state index contributed by atoms with van der Waals surface area (Å²) in [6.07, 6.45) is 0.589. The van der Waals surface area contributed by atoms with Gasteiger partial charge < -0.3 is 15.5 Å². The SMILES string of the molecule is CS(=O)(=O)NC(Cc1ccc(C(F)(F)P(=O)(O)O)c(Br)c1)C(N)=O. The maximum Gasteiger partial charge on any atom is 0.399 e. The normalized spacial score (nSPS) is 14.4. The highest BCUT2D eigenvalue weighted by molar-refractivity contribution is 9.10. The lowest BCUT2D eigenvalue weighted by Crippen LogP contribution is -2.45. The summed E-state index contributed by atoms with van der Waals surface area (Å²) in [4.78, 5) is 28.8. The predicted molar refractivity (Wildman–Crippen MR) is 84.7 cm³/mol. The van der Waals surface area contributed by atoms with Crippen LogP contribution in [0.25, 0.3) is 0 Å². The Balaban J connectivity index is 3.16. The van der Waals surface area contributed by atoms with Crippen LogP contribution in [0, 0.1) is 0 Å². The third kappa shape index (κ3) is 5.30. The number of benzene rings is 1. The number of hydrogen-bond acceptors (Lipinski definition) is 4. The standard InChI is InChI=1S/C11H14BrF2N2O6PS/c1-24(21,22)16-9(10(15)17)5-6-2-3-7(8(12)4-6)11(13,14)23(18,19)20/h2-4,9,16H,5H2,1H3,(H2,15,17)(H2,18,19,20). The van der Waals surface area contributed by atoms with Gasteiger partial charge in [0.15, 0.2) is 0 Å². The van der Waals surface area contributed by atoms with Crippen molar-refractivity contribution in [1.82, 2.24) is 4.72 Å². The van der Waals surface area contributed by atoms with Gasteiger partial charge in [-0.1, -0.05) is 28.1 Å². The van der Waals surface area contributed by atoms with Crippen LogP contribution in [-0.4, -0.2) is 36.4 Å².